The predicted octanol–water partition coefficient (Wildman–Crippen LogP) is 3.54. The van der Waals surface area contributed by atoms with Gasteiger partial charge >= 0.3 is 0 Å². The third-order valence-corrected chi connectivity index (χ3v) is 4.67. The van der Waals surface area contributed by atoms with E-state index in [-0.39, 0.29) is 5.91 Å². The molecule has 2 aromatic rings. The second kappa shape index (κ2) is 4.94. The number of carbonyl (C=O) groups is 1. The highest BCUT2D eigenvalue weighted by atomic mass is 79.9. The number of carbonyl (C=O) groups excluding carboxylic acids is 1. The molecule has 0 aliphatic carbocycles. The Labute approximate surface area is 126 Å². The van der Waals surface area contributed by atoms with Crippen LogP contribution in [0, 0.1) is 6.92 Å². The zero-order valence-electron chi connectivity index (χ0n) is 11.2. The number of nitrogen functional groups attached to an aromatic ring is 1. The van der Waals surface area contributed by atoms with Gasteiger partial charge in [0.15, 0.2) is 0 Å². The standard InChI is InChI=1S/C16H15BrN2O/c1-10-11(4-2-5-13(10)17)16(20)19-9-8-12-14(18)6-3-7-15(12)19/h2-7H,8-9,18H2,1H3. The molecule has 0 saturated heterocycles. The van der Waals surface area contributed by atoms with Crippen LogP contribution < -0.4 is 10.6 Å². The van der Waals surface area contributed by atoms with Gasteiger partial charge in [0.25, 0.3) is 5.91 Å². The van der Waals surface area contributed by atoms with E-state index in [9.17, 15) is 4.79 Å². The molecule has 0 bridgehead atoms. The summed E-state index contributed by atoms with van der Waals surface area (Å²) in [5.74, 6) is 0.0353. The summed E-state index contributed by atoms with van der Waals surface area (Å²) in [6, 6.07) is 11.4. The van der Waals surface area contributed by atoms with Gasteiger partial charge in [0.2, 0.25) is 0 Å². The van der Waals surface area contributed by atoms with E-state index < -0.39 is 0 Å². The van der Waals surface area contributed by atoms with Crippen molar-refractivity contribution in [1.29, 1.82) is 0 Å². The number of rotatable bonds is 1. The van der Waals surface area contributed by atoms with Crippen LogP contribution in [-0.2, 0) is 6.42 Å². The van der Waals surface area contributed by atoms with E-state index in [1.807, 2.05) is 48.2 Å². The van der Waals surface area contributed by atoms with Crippen molar-refractivity contribution in [3.8, 4) is 0 Å². The van der Waals surface area contributed by atoms with Crippen molar-refractivity contribution in [1.82, 2.24) is 0 Å². The number of amides is 1. The Balaban J connectivity index is 2.02. The fourth-order valence-corrected chi connectivity index (χ4v) is 3.02. The molecule has 0 fully saturated rings. The van der Waals surface area contributed by atoms with Gasteiger partial charge in [0.05, 0.1) is 0 Å². The third kappa shape index (κ3) is 2.00. The Morgan fingerprint density at radius 2 is 2.00 bits per heavy atom. The Hall–Kier alpha value is -1.81. The monoisotopic (exact) mass is 330 g/mol. The fraction of sp³-hybridized carbons (Fsp3) is 0.188. The first-order chi connectivity index (χ1) is 9.59. The predicted molar refractivity (Wildman–Crippen MR) is 85.1 cm³/mol. The summed E-state index contributed by atoms with van der Waals surface area (Å²) >= 11 is 3.48. The van der Waals surface area contributed by atoms with Gasteiger partial charge in [-0.15, -0.1) is 0 Å². The molecular weight excluding hydrogens is 316 g/mol. The largest absolute Gasteiger partial charge is 0.398 e. The molecule has 1 heterocycles. The van der Waals surface area contributed by atoms with Gasteiger partial charge in [-0.1, -0.05) is 28.1 Å². The molecule has 0 radical (unpaired) electrons. The first-order valence-electron chi connectivity index (χ1n) is 6.54. The zero-order chi connectivity index (χ0) is 14.3. The van der Waals surface area contributed by atoms with Gasteiger partial charge in [-0.3, -0.25) is 4.79 Å². The molecule has 3 rings (SSSR count). The van der Waals surface area contributed by atoms with Crippen molar-refractivity contribution in [3.05, 3.63) is 57.6 Å². The van der Waals surface area contributed by atoms with E-state index in [0.29, 0.717) is 6.54 Å². The SMILES string of the molecule is Cc1c(Br)cccc1C(=O)N1CCc2c(N)cccc21. The molecule has 0 unspecified atom stereocenters. The van der Waals surface area contributed by atoms with Gasteiger partial charge in [0, 0.05) is 33.5 Å². The second-order valence-corrected chi connectivity index (χ2v) is 5.82. The first kappa shape index (κ1) is 13.2. The lowest BCUT2D eigenvalue weighted by atomic mass is 10.1. The minimum Gasteiger partial charge on any atom is -0.398 e. The van der Waals surface area contributed by atoms with Crippen molar-refractivity contribution in [2.75, 3.05) is 17.2 Å². The van der Waals surface area contributed by atoms with Gasteiger partial charge in [-0.2, -0.15) is 0 Å². The van der Waals surface area contributed by atoms with Gasteiger partial charge in [0.1, 0.15) is 0 Å². The highest BCUT2D eigenvalue weighted by Crippen LogP contribution is 2.33. The van der Waals surface area contributed by atoms with Crippen molar-refractivity contribution in [2.24, 2.45) is 0 Å². The van der Waals surface area contributed by atoms with Crippen LogP contribution in [0.3, 0.4) is 0 Å². The quantitative estimate of drug-likeness (QED) is 0.813. The smallest absolute Gasteiger partial charge is 0.258 e. The first-order valence-corrected chi connectivity index (χ1v) is 7.33. The molecule has 0 atom stereocenters. The summed E-state index contributed by atoms with van der Waals surface area (Å²) in [5.41, 5.74) is 10.5. The lowest BCUT2D eigenvalue weighted by molar-refractivity contribution is 0.0988. The van der Waals surface area contributed by atoms with Gasteiger partial charge in [-0.25, -0.2) is 0 Å². The minimum absolute atomic E-state index is 0.0353. The van der Waals surface area contributed by atoms with Crippen LogP contribution in [0.5, 0.6) is 0 Å². The van der Waals surface area contributed by atoms with Crippen LogP contribution in [0.4, 0.5) is 11.4 Å². The molecule has 1 aliphatic rings. The van der Waals surface area contributed by atoms with Gasteiger partial charge in [-0.05, 0) is 43.2 Å². The Morgan fingerprint density at radius 1 is 1.25 bits per heavy atom. The number of hydrogen-bond donors (Lipinski definition) is 1. The van der Waals surface area contributed by atoms with Crippen LogP contribution >= 0.6 is 15.9 Å². The molecule has 1 amide bonds. The van der Waals surface area contributed by atoms with Crippen molar-refractivity contribution < 1.29 is 4.79 Å². The molecule has 2 aromatic carbocycles. The second-order valence-electron chi connectivity index (χ2n) is 4.96. The summed E-state index contributed by atoms with van der Waals surface area (Å²) in [7, 11) is 0. The van der Waals surface area contributed by atoms with E-state index in [2.05, 4.69) is 15.9 Å². The molecule has 0 saturated carbocycles. The minimum atomic E-state index is 0.0353. The van der Waals surface area contributed by atoms with Crippen molar-refractivity contribution in [3.63, 3.8) is 0 Å². The van der Waals surface area contributed by atoms with Crippen molar-refractivity contribution in [2.45, 2.75) is 13.3 Å². The maximum atomic E-state index is 12.8. The molecule has 4 heteroatoms. The number of fused-ring (bicyclic) bond motifs is 1. The summed E-state index contributed by atoms with van der Waals surface area (Å²) in [4.78, 5) is 14.6. The molecular formula is C16H15BrN2O. The Kier molecular flexibility index (Phi) is 3.26. The topological polar surface area (TPSA) is 46.3 Å². The molecule has 20 heavy (non-hydrogen) atoms. The van der Waals surface area contributed by atoms with Crippen LogP contribution in [0.15, 0.2) is 40.9 Å². The third-order valence-electron chi connectivity index (χ3n) is 3.81. The lowest BCUT2D eigenvalue weighted by Gasteiger charge is -2.19. The lowest BCUT2D eigenvalue weighted by Crippen LogP contribution is -2.29. The van der Waals surface area contributed by atoms with E-state index >= 15 is 0 Å². The van der Waals surface area contributed by atoms with E-state index in [1.54, 1.807) is 0 Å². The number of anilines is 2. The maximum Gasteiger partial charge on any atom is 0.258 e. The van der Waals surface area contributed by atoms with Crippen LogP contribution in [-0.4, -0.2) is 12.5 Å². The van der Waals surface area contributed by atoms with E-state index in [1.165, 1.54) is 0 Å². The molecule has 0 aromatic heterocycles. The molecule has 0 spiro atoms. The van der Waals surface area contributed by atoms with E-state index in [4.69, 9.17) is 5.73 Å². The number of hydrogen-bond acceptors (Lipinski definition) is 2. The molecule has 102 valence electrons. The fourth-order valence-electron chi connectivity index (χ4n) is 2.66. The Morgan fingerprint density at radius 3 is 2.80 bits per heavy atom. The molecule has 2 N–H and O–H groups in total. The summed E-state index contributed by atoms with van der Waals surface area (Å²) < 4.78 is 0.954. The number of halogens is 1. The van der Waals surface area contributed by atoms with Crippen LogP contribution in [0.25, 0.3) is 0 Å². The van der Waals surface area contributed by atoms with Crippen LogP contribution in [0.2, 0.25) is 0 Å². The maximum absolute atomic E-state index is 12.8. The summed E-state index contributed by atoms with van der Waals surface area (Å²) in [6.07, 6.45) is 0.820. The zero-order valence-corrected chi connectivity index (χ0v) is 12.8. The number of nitrogens with two attached hydrogens (primary N) is 1. The highest BCUT2D eigenvalue weighted by molar-refractivity contribution is 9.10. The average Bonchev–Trinajstić information content (AvgIpc) is 2.86. The van der Waals surface area contributed by atoms with Crippen molar-refractivity contribution >= 4 is 33.2 Å². The summed E-state index contributed by atoms with van der Waals surface area (Å²) in [5, 5.41) is 0. The molecule has 3 nitrogen and oxygen atoms in total. The highest BCUT2D eigenvalue weighted by Gasteiger charge is 2.27. The average molecular weight is 331 g/mol. The summed E-state index contributed by atoms with van der Waals surface area (Å²) in [6.45, 7) is 2.64. The van der Waals surface area contributed by atoms with Crippen LogP contribution in [0.1, 0.15) is 21.5 Å². The number of nitrogens with zero attached hydrogens (tertiary/aromatic N) is 1. The Bertz CT molecular complexity index is 697. The normalized spacial score (nSPS) is 13.4. The molecule has 1 aliphatic heterocycles. The number of benzene rings is 2. The van der Waals surface area contributed by atoms with Gasteiger partial charge < -0.3 is 10.6 Å². The van der Waals surface area contributed by atoms with E-state index in [0.717, 1.165) is 39.0 Å².